The van der Waals surface area contributed by atoms with Crippen LogP contribution < -0.4 is 14.0 Å². The van der Waals surface area contributed by atoms with Crippen LogP contribution in [0.3, 0.4) is 0 Å². The first-order chi connectivity index (χ1) is 13.0. The van der Waals surface area contributed by atoms with Gasteiger partial charge < -0.3 is 14.0 Å². The van der Waals surface area contributed by atoms with Gasteiger partial charge in [-0.1, -0.05) is 60.0 Å². The average molecular weight is 360 g/mol. The first-order valence-electron chi connectivity index (χ1n) is 9.26. The molecule has 0 fully saturated rings. The van der Waals surface area contributed by atoms with Crippen molar-refractivity contribution < 1.29 is 14.0 Å². The van der Waals surface area contributed by atoms with E-state index in [-0.39, 0.29) is 0 Å². The van der Waals surface area contributed by atoms with Gasteiger partial charge in [-0.2, -0.15) is 0 Å². The molecule has 0 aliphatic rings. The molecule has 0 unspecified atom stereocenters. The summed E-state index contributed by atoms with van der Waals surface area (Å²) in [6.07, 6.45) is 0.874. The van der Waals surface area contributed by atoms with Crippen molar-refractivity contribution in [2.24, 2.45) is 0 Å². The largest absolute Gasteiger partial charge is 0.864 e. The molecule has 0 amide bonds. The van der Waals surface area contributed by atoms with E-state index in [1.807, 2.05) is 74.5 Å². The van der Waals surface area contributed by atoms with Gasteiger partial charge in [0.25, 0.3) is 0 Å². The highest BCUT2D eigenvalue weighted by atomic mass is 16.7. The maximum absolute atomic E-state index is 6.12. The van der Waals surface area contributed by atoms with Crippen molar-refractivity contribution in [3.8, 4) is 17.2 Å². The SMILES string of the molecule is CCc1cc(C)ccc1OB(Oc1ccc(C)cc1)Oc1ccc(C)cc1. The number of benzene rings is 3. The van der Waals surface area contributed by atoms with E-state index in [9.17, 15) is 0 Å². The van der Waals surface area contributed by atoms with Gasteiger partial charge in [-0.3, -0.25) is 0 Å². The fourth-order valence-electron chi connectivity index (χ4n) is 2.73. The molecule has 0 saturated carbocycles. The zero-order valence-electron chi connectivity index (χ0n) is 16.4. The monoisotopic (exact) mass is 360 g/mol. The smallest absolute Gasteiger partial charge is 0.490 e. The van der Waals surface area contributed by atoms with Crippen molar-refractivity contribution in [3.63, 3.8) is 0 Å². The zero-order valence-corrected chi connectivity index (χ0v) is 16.4. The van der Waals surface area contributed by atoms with Gasteiger partial charge in [-0.15, -0.1) is 0 Å². The van der Waals surface area contributed by atoms with Crippen LogP contribution in [0.4, 0.5) is 0 Å². The molecule has 3 rings (SSSR count). The van der Waals surface area contributed by atoms with E-state index < -0.39 is 7.32 Å². The Hall–Kier alpha value is -2.88. The van der Waals surface area contributed by atoms with E-state index in [2.05, 4.69) is 19.9 Å². The summed E-state index contributed by atoms with van der Waals surface area (Å²) in [6, 6.07) is 21.8. The highest BCUT2D eigenvalue weighted by Gasteiger charge is 2.31. The van der Waals surface area contributed by atoms with Crippen LogP contribution in [0, 0.1) is 20.8 Å². The third-order valence-corrected chi connectivity index (χ3v) is 4.33. The van der Waals surface area contributed by atoms with E-state index in [4.69, 9.17) is 14.0 Å². The molecule has 0 aliphatic carbocycles. The van der Waals surface area contributed by atoms with Crippen LogP contribution in [0.25, 0.3) is 0 Å². The Kier molecular flexibility index (Phi) is 6.07. The zero-order chi connectivity index (χ0) is 19.2. The van der Waals surface area contributed by atoms with Gasteiger partial charge in [0.15, 0.2) is 0 Å². The second-order valence-corrected chi connectivity index (χ2v) is 6.73. The lowest BCUT2D eigenvalue weighted by molar-refractivity contribution is 0.306. The first kappa shape index (κ1) is 18.9. The van der Waals surface area contributed by atoms with Crippen molar-refractivity contribution in [2.75, 3.05) is 0 Å². The van der Waals surface area contributed by atoms with Crippen LogP contribution in [0.15, 0.2) is 66.7 Å². The summed E-state index contributed by atoms with van der Waals surface area (Å²) >= 11 is 0. The molecule has 0 saturated heterocycles. The standard InChI is InChI=1S/C23H25BO3/c1-5-20-16-19(4)10-15-23(20)27-24(25-21-11-6-17(2)7-12-21)26-22-13-8-18(3)9-14-22/h6-16H,5H2,1-4H3. The Morgan fingerprint density at radius 1 is 0.630 bits per heavy atom. The van der Waals surface area contributed by atoms with Gasteiger partial charge in [-0.05, 0) is 63.1 Å². The highest BCUT2D eigenvalue weighted by molar-refractivity contribution is 6.39. The van der Waals surface area contributed by atoms with E-state index in [1.165, 1.54) is 16.7 Å². The lowest BCUT2D eigenvalue weighted by Crippen LogP contribution is -2.37. The van der Waals surface area contributed by atoms with Crippen LogP contribution in [-0.2, 0) is 6.42 Å². The molecule has 138 valence electrons. The normalized spacial score (nSPS) is 10.4. The quantitative estimate of drug-likeness (QED) is 0.506. The highest BCUT2D eigenvalue weighted by Crippen LogP contribution is 2.23. The summed E-state index contributed by atoms with van der Waals surface area (Å²) in [5, 5.41) is 0. The first-order valence-corrected chi connectivity index (χ1v) is 9.26. The lowest BCUT2D eigenvalue weighted by atomic mass is 10.1. The molecule has 3 aromatic carbocycles. The van der Waals surface area contributed by atoms with Crippen molar-refractivity contribution in [1.82, 2.24) is 0 Å². The Balaban J connectivity index is 1.84. The van der Waals surface area contributed by atoms with E-state index in [0.717, 1.165) is 17.7 Å². The molecule has 27 heavy (non-hydrogen) atoms. The second-order valence-electron chi connectivity index (χ2n) is 6.73. The summed E-state index contributed by atoms with van der Waals surface area (Å²) < 4.78 is 18.1. The predicted octanol–water partition coefficient (Wildman–Crippen LogP) is 5.70. The van der Waals surface area contributed by atoms with Gasteiger partial charge in [0.05, 0.1) is 0 Å². The Labute approximate surface area is 162 Å². The molecular weight excluding hydrogens is 335 g/mol. The Bertz CT molecular complexity index is 826. The maximum Gasteiger partial charge on any atom is 0.864 e. The summed E-state index contributed by atoms with van der Waals surface area (Å²) in [5.74, 6) is 2.16. The molecule has 4 heteroatoms. The van der Waals surface area contributed by atoms with Gasteiger partial charge in [0.2, 0.25) is 0 Å². The minimum atomic E-state index is -0.886. The molecule has 0 spiro atoms. The van der Waals surface area contributed by atoms with Crippen LogP contribution in [-0.4, -0.2) is 7.32 Å². The third kappa shape index (κ3) is 5.30. The summed E-state index contributed by atoms with van der Waals surface area (Å²) in [6.45, 7) is 8.27. The molecule has 0 N–H and O–H groups in total. The van der Waals surface area contributed by atoms with Crippen molar-refractivity contribution in [2.45, 2.75) is 34.1 Å². The van der Waals surface area contributed by atoms with Crippen LogP contribution >= 0.6 is 0 Å². The van der Waals surface area contributed by atoms with Crippen LogP contribution in [0.5, 0.6) is 17.2 Å². The predicted molar refractivity (Wildman–Crippen MR) is 111 cm³/mol. The number of hydrogen-bond acceptors (Lipinski definition) is 3. The molecule has 3 nitrogen and oxygen atoms in total. The minimum absolute atomic E-state index is 0.697. The number of hydrogen-bond donors (Lipinski definition) is 0. The number of aryl methyl sites for hydroxylation is 4. The molecule has 0 aromatic heterocycles. The molecule has 3 aromatic rings. The van der Waals surface area contributed by atoms with Gasteiger partial charge in [-0.25, -0.2) is 0 Å². The Morgan fingerprint density at radius 2 is 1.11 bits per heavy atom. The van der Waals surface area contributed by atoms with Crippen LogP contribution in [0.2, 0.25) is 0 Å². The van der Waals surface area contributed by atoms with E-state index >= 15 is 0 Å². The lowest BCUT2D eigenvalue weighted by Gasteiger charge is -2.18. The van der Waals surface area contributed by atoms with Gasteiger partial charge >= 0.3 is 7.32 Å². The fourth-order valence-corrected chi connectivity index (χ4v) is 2.73. The molecule has 0 aliphatic heterocycles. The number of rotatable bonds is 7. The van der Waals surface area contributed by atoms with Crippen LogP contribution in [0.1, 0.15) is 29.2 Å². The molecule has 0 atom stereocenters. The van der Waals surface area contributed by atoms with Gasteiger partial charge in [0.1, 0.15) is 17.2 Å². The summed E-state index contributed by atoms with van der Waals surface area (Å²) in [5.41, 5.74) is 4.67. The van der Waals surface area contributed by atoms with Crippen molar-refractivity contribution in [1.29, 1.82) is 0 Å². The topological polar surface area (TPSA) is 27.7 Å². The van der Waals surface area contributed by atoms with Crippen molar-refractivity contribution in [3.05, 3.63) is 89.0 Å². The summed E-state index contributed by atoms with van der Waals surface area (Å²) in [4.78, 5) is 0. The average Bonchev–Trinajstić information content (AvgIpc) is 2.66. The second kappa shape index (κ2) is 8.67. The molecular formula is C23H25BO3. The van der Waals surface area contributed by atoms with E-state index in [1.54, 1.807) is 0 Å². The molecule has 0 heterocycles. The maximum atomic E-state index is 6.12. The van der Waals surface area contributed by atoms with E-state index in [0.29, 0.717) is 11.5 Å². The molecule has 0 radical (unpaired) electrons. The summed E-state index contributed by atoms with van der Waals surface area (Å²) in [7, 11) is -0.886. The van der Waals surface area contributed by atoms with Gasteiger partial charge in [0, 0.05) is 0 Å². The third-order valence-electron chi connectivity index (χ3n) is 4.33. The Morgan fingerprint density at radius 3 is 1.59 bits per heavy atom. The fraction of sp³-hybridized carbons (Fsp3) is 0.217. The minimum Gasteiger partial charge on any atom is -0.490 e. The van der Waals surface area contributed by atoms with Crippen molar-refractivity contribution >= 4 is 7.32 Å². The molecule has 0 bridgehead atoms.